The first-order valence-corrected chi connectivity index (χ1v) is 11.8. The van der Waals surface area contributed by atoms with E-state index in [4.69, 9.17) is 4.74 Å². The highest BCUT2D eigenvalue weighted by atomic mass is 79.9. The number of likely N-dealkylation sites (tertiary alicyclic amines) is 1. The summed E-state index contributed by atoms with van der Waals surface area (Å²) in [5, 5.41) is 0. The molecule has 0 saturated carbocycles. The van der Waals surface area contributed by atoms with Crippen molar-refractivity contribution in [1.82, 2.24) is 9.80 Å². The number of benzene rings is 1. The van der Waals surface area contributed by atoms with Crippen molar-refractivity contribution in [1.29, 1.82) is 0 Å². The van der Waals surface area contributed by atoms with Gasteiger partial charge in [-0.05, 0) is 56.9 Å². The fourth-order valence-electron chi connectivity index (χ4n) is 4.11. The van der Waals surface area contributed by atoms with Gasteiger partial charge in [-0.25, -0.2) is 0 Å². The fraction of sp³-hybridized carbons (Fsp3) is 0.667. The van der Waals surface area contributed by atoms with Gasteiger partial charge in [-0.2, -0.15) is 0 Å². The van der Waals surface area contributed by atoms with Gasteiger partial charge in [0.15, 0.2) is 0 Å². The molecule has 2 saturated heterocycles. The second-order valence-electron chi connectivity index (χ2n) is 7.85. The Labute approximate surface area is 176 Å². The van der Waals surface area contributed by atoms with Gasteiger partial charge in [-0.15, -0.1) is 11.8 Å². The summed E-state index contributed by atoms with van der Waals surface area (Å²) < 4.78 is 6.92. The van der Waals surface area contributed by atoms with E-state index in [1.54, 1.807) is 11.8 Å². The van der Waals surface area contributed by atoms with E-state index in [1.807, 2.05) is 12.1 Å². The average Bonchev–Trinajstić information content (AvgIpc) is 2.63. The van der Waals surface area contributed by atoms with E-state index in [2.05, 4.69) is 51.7 Å². The summed E-state index contributed by atoms with van der Waals surface area (Å²) in [6, 6.07) is 8.28. The highest BCUT2D eigenvalue weighted by Gasteiger charge is 2.27. The van der Waals surface area contributed by atoms with Gasteiger partial charge < -0.3 is 9.64 Å². The molecule has 0 radical (unpaired) electrons. The van der Waals surface area contributed by atoms with Crippen LogP contribution in [0, 0.1) is 5.92 Å². The number of halogens is 1. The smallest absolute Gasteiger partial charge is 0.223 e. The molecule has 2 unspecified atom stereocenters. The van der Waals surface area contributed by atoms with Crippen LogP contribution >= 0.6 is 27.7 Å². The number of nitrogens with zero attached hydrogens (tertiary/aromatic N) is 2. The average molecular weight is 455 g/mol. The molecule has 2 fully saturated rings. The molecule has 1 aromatic rings. The van der Waals surface area contributed by atoms with Crippen molar-refractivity contribution in [3.63, 3.8) is 0 Å². The van der Waals surface area contributed by atoms with E-state index in [9.17, 15) is 4.79 Å². The number of hydrogen-bond donors (Lipinski definition) is 0. The van der Waals surface area contributed by atoms with Crippen LogP contribution in [0.25, 0.3) is 0 Å². The van der Waals surface area contributed by atoms with Gasteiger partial charge in [0.2, 0.25) is 5.91 Å². The second kappa shape index (κ2) is 10.3. The maximum Gasteiger partial charge on any atom is 0.223 e. The van der Waals surface area contributed by atoms with Crippen molar-refractivity contribution >= 4 is 33.6 Å². The maximum absolute atomic E-state index is 12.5. The third-order valence-corrected chi connectivity index (χ3v) is 6.92. The van der Waals surface area contributed by atoms with Crippen molar-refractivity contribution in [3.8, 4) is 0 Å². The fourth-order valence-corrected chi connectivity index (χ4v) is 5.21. The Bertz CT molecular complexity index is 595. The largest absolute Gasteiger partial charge is 0.373 e. The number of carbonyl (C=O) groups is 1. The lowest BCUT2D eigenvalue weighted by molar-refractivity contribution is -0.132. The molecule has 2 aliphatic heterocycles. The molecule has 0 N–H and O–H groups in total. The monoisotopic (exact) mass is 454 g/mol. The topological polar surface area (TPSA) is 32.8 Å². The number of rotatable bonds is 6. The van der Waals surface area contributed by atoms with E-state index < -0.39 is 0 Å². The third kappa shape index (κ3) is 6.77. The molecule has 6 heteroatoms. The summed E-state index contributed by atoms with van der Waals surface area (Å²) in [5.41, 5.74) is 0. The lowest BCUT2D eigenvalue weighted by Crippen LogP contribution is -2.48. The van der Waals surface area contributed by atoms with Crippen LogP contribution in [0.5, 0.6) is 0 Å². The standard InChI is InChI=1S/C21H31BrN2O2S/c1-16-13-23(14-17(2)26-16)15-18-7-10-24(11-8-18)21(25)9-12-27-20-5-3-19(22)4-6-20/h3-6,16-18H,7-15H2,1-2H3. The molecule has 150 valence electrons. The molecule has 2 atom stereocenters. The van der Waals surface area contributed by atoms with E-state index in [0.29, 0.717) is 30.5 Å². The van der Waals surface area contributed by atoms with Gasteiger partial charge in [-0.3, -0.25) is 9.69 Å². The molecule has 0 aromatic heterocycles. The SMILES string of the molecule is CC1CN(CC2CCN(C(=O)CCSc3ccc(Br)cc3)CC2)CC(C)O1. The highest BCUT2D eigenvalue weighted by molar-refractivity contribution is 9.10. The summed E-state index contributed by atoms with van der Waals surface area (Å²) in [7, 11) is 0. The number of thioether (sulfide) groups is 1. The van der Waals surface area contributed by atoms with E-state index in [-0.39, 0.29) is 0 Å². The molecule has 1 aromatic carbocycles. The van der Waals surface area contributed by atoms with Crippen LogP contribution < -0.4 is 0 Å². The van der Waals surface area contributed by atoms with Gasteiger partial charge in [-0.1, -0.05) is 15.9 Å². The molecule has 0 aliphatic carbocycles. The van der Waals surface area contributed by atoms with Crippen LogP contribution in [0.15, 0.2) is 33.6 Å². The van der Waals surface area contributed by atoms with Crippen LogP contribution in [0.3, 0.4) is 0 Å². The number of hydrogen-bond acceptors (Lipinski definition) is 4. The first-order valence-electron chi connectivity index (χ1n) is 10.0. The molecule has 4 nitrogen and oxygen atoms in total. The Morgan fingerprint density at radius 3 is 2.41 bits per heavy atom. The number of ether oxygens (including phenoxy) is 1. The molecule has 2 aliphatic rings. The van der Waals surface area contributed by atoms with Crippen LogP contribution in [-0.4, -0.2) is 66.4 Å². The number of piperidine rings is 1. The Hall–Kier alpha value is -0.560. The van der Waals surface area contributed by atoms with Gasteiger partial charge in [0.05, 0.1) is 12.2 Å². The first kappa shape index (κ1) is 21.2. The van der Waals surface area contributed by atoms with Gasteiger partial charge in [0.1, 0.15) is 0 Å². The molecular weight excluding hydrogens is 424 g/mol. The lowest BCUT2D eigenvalue weighted by Gasteiger charge is -2.39. The van der Waals surface area contributed by atoms with Crippen molar-refractivity contribution in [3.05, 3.63) is 28.7 Å². The molecule has 0 bridgehead atoms. The minimum absolute atomic E-state index is 0.312. The molecule has 1 amide bonds. The third-order valence-electron chi connectivity index (χ3n) is 5.38. The molecule has 3 rings (SSSR count). The first-order chi connectivity index (χ1) is 13.0. The van der Waals surface area contributed by atoms with Crippen molar-refractivity contribution in [2.45, 2.75) is 50.2 Å². The minimum Gasteiger partial charge on any atom is -0.373 e. The van der Waals surface area contributed by atoms with E-state index >= 15 is 0 Å². The summed E-state index contributed by atoms with van der Waals surface area (Å²) in [4.78, 5) is 18.3. The highest BCUT2D eigenvalue weighted by Crippen LogP contribution is 2.24. The Kier molecular flexibility index (Phi) is 8.06. The van der Waals surface area contributed by atoms with Gasteiger partial charge in [0.25, 0.3) is 0 Å². The van der Waals surface area contributed by atoms with Crippen molar-refractivity contribution in [2.75, 3.05) is 38.5 Å². The summed E-state index contributed by atoms with van der Waals surface area (Å²) >= 11 is 5.21. The summed E-state index contributed by atoms with van der Waals surface area (Å²) in [5.74, 6) is 1.87. The molecule has 0 spiro atoms. The quantitative estimate of drug-likeness (QED) is 0.600. The predicted octanol–water partition coefficient (Wildman–Crippen LogP) is 4.28. The lowest BCUT2D eigenvalue weighted by atomic mass is 9.95. The normalized spacial score (nSPS) is 24.9. The maximum atomic E-state index is 12.5. The van der Waals surface area contributed by atoms with E-state index in [0.717, 1.165) is 55.8 Å². The van der Waals surface area contributed by atoms with Crippen LogP contribution in [0.4, 0.5) is 0 Å². The zero-order chi connectivity index (χ0) is 19.2. The Morgan fingerprint density at radius 1 is 1.15 bits per heavy atom. The van der Waals surface area contributed by atoms with Crippen molar-refractivity contribution < 1.29 is 9.53 Å². The number of morpholine rings is 1. The van der Waals surface area contributed by atoms with Crippen molar-refractivity contribution in [2.24, 2.45) is 5.92 Å². The minimum atomic E-state index is 0.312. The predicted molar refractivity (Wildman–Crippen MR) is 115 cm³/mol. The Balaban J connectivity index is 1.34. The zero-order valence-electron chi connectivity index (χ0n) is 16.4. The molecular formula is C21H31BrN2O2S. The Morgan fingerprint density at radius 2 is 1.78 bits per heavy atom. The van der Waals surface area contributed by atoms with E-state index in [1.165, 1.54) is 4.90 Å². The number of amides is 1. The van der Waals surface area contributed by atoms with Crippen LogP contribution in [0.2, 0.25) is 0 Å². The van der Waals surface area contributed by atoms with Gasteiger partial charge >= 0.3 is 0 Å². The van der Waals surface area contributed by atoms with Gasteiger partial charge in [0, 0.05) is 54.3 Å². The zero-order valence-corrected chi connectivity index (χ0v) is 18.8. The second-order valence-corrected chi connectivity index (χ2v) is 9.94. The van der Waals surface area contributed by atoms with Crippen LogP contribution in [0.1, 0.15) is 33.1 Å². The summed E-state index contributed by atoms with van der Waals surface area (Å²) in [6.45, 7) is 9.39. The summed E-state index contributed by atoms with van der Waals surface area (Å²) in [6.07, 6.45) is 3.55. The molecule has 27 heavy (non-hydrogen) atoms. The van der Waals surface area contributed by atoms with Crippen LogP contribution in [-0.2, 0) is 9.53 Å². The number of carbonyl (C=O) groups excluding carboxylic acids is 1. The molecule has 2 heterocycles.